The van der Waals surface area contributed by atoms with E-state index in [-0.39, 0.29) is 18.9 Å². The molecule has 0 fully saturated rings. The van der Waals surface area contributed by atoms with E-state index in [9.17, 15) is 13.2 Å². The van der Waals surface area contributed by atoms with E-state index in [1.165, 1.54) is 9.21 Å². The van der Waals surface area contributed by atoms with Crippen molar-refractivity contribution in [1.82, 2.24) is 0 Å². The Hall–Kier alpha value is -2.34. The van der Waals surface area contributed by atoms with Crippen LogP contribution in [-0.2, 0) is 14.8 Å². The van der Waals surface area contributed by atoms with Gasteiger partial charge in [0.2, 0.25) is 15.9 Å². The Kier molecular flexibility index (Phi) is 5.39. The zero-order valence-corrected chi connectivity index (χ0v) is 14.0. The first kappa shape index (κ1) is 17.0. The second-order valence-corrected chi connectivity index (χ2v) is 7.12. The highest BCUT2D eigenvalue weighted by atomic mass is 32.2. The molecule has 0 aromatic heterocycles. The van der Waals surface area contributed by atoms with Crippen molar-refractivity contribution in [1.29, 1.82) is 0 Å². The Morgan fingerprint density at radius 1 is 0.913 bits per heavy atom. The second kappa shape index (κ2) is 7.28. The van der Waals surface area contributed by atoms with E-state index in [0.29, 0.717) is 5.69 Å². The Balaban J connectivity index is 2.09. The number of para-hydroxylation sites is 2. The molecule has 0 aliphatic carbocycles. The standard InChI is InChI=1S/C17H20N2O3S/c1-18(15-9-5-3-6-10-15)17(20)13-14-19(23(2,21)22)16-11-7-4-8-12-16/h3-12H,13-14H2,1-2H3. The lowest BCUT2D eigenvalue weighted by Gasteiger charge is -2.24. The molecular formula is C17H20N2O3S. The van der Waals surface area contributed by atoms with E-state index >= 15 is 0 Å². The van der Waals surface area contributed by atoms with Gasteiger partial charge in [0.25, 0.3) is 0 Å². The minimum atomic E-state index is -3.44. The fourth-order valence-corrected chi connectivity index (χ4v) is 3.17. The van der Waals surface area contributed by atoms with Crippen LogP contribution < -0.4 is 9.21 Å². The number of amides is 1. The molecule has 0 N–H and O–H groups in total. The van der Waals surface area contributed by atoms with E-state index in [4.69, 9.17) is 0 Å². The van der Waals surface area contributed by atoms with E-state index in [1.807, 2.05) is 36.4 Å². The highest BCUT2D eigenvalue weighted by Crippen LogP contribution is 2.18. The van der Waals surface area contributed by atoms with Crippen LogP contribution in [0.4, 0.5) is 11.4 Å². The molecule has 0 atom stereocenters. The maximum atomic E-state index is 12.3. The highest BCUT2D eigenvalue weighted by molar-refractivity contribution is 7.92. The summed E-state index contributed by atoms with van der Waals surface area (Å²) in [4.78, 5) is 13.8. The summed E-state index contributed by atoms with van der Waals surface area (Å²) < 4.78 is 25.2. The fraction of sp³-hybridized carbons (Fsp3) is 0.235. The van der Waals surface area contributed by atoms with Gasteiger partial charge in [-0.1, -0.05) is 36.4 Å². The van der Waals surface area contributed by atoms with Gasteiger partial charge in [0, 0.05) is 25.7 Å². The third-order valence-corrected chi connectivity index (χ3v) is 4.68. The Bertz CT molecular complexity index is 746. The molecule has 0 radical (unpaired) electrons. The van der Waals surface area contributed by atoms with Crippen molar-refractivity contribution in [2.24, 2.45) is 0 Å². The van der Waals surface area contributed by atoms with Gasteiger partial charge in [-0.25, -0.2) is 8.42 Å². The average molecular weight is 332 g/mol. The van der Waals surface area contributed by atoms with Crippen LogP contribution in [0.1, 0.15) is 6.42 Å². The molecule has 2 aromatic carbocycles. The number of nitrogens with zero attached hydrogens (tertiary/aromatic N) is 2. The lowest BCUT2D eigenvalue weighted by molar-refractivity contribution is -0.118. The van der Waals surface area contributed by atoms with Crippen molar-refractivity contribution in [3.05, 3.63) is 60.7 Å². The molecule has 0 heterocycles. The summed E-state index contributed by atoms with van der Waals surface area (Å²) in [6.45, 7) is 0.110. The van der Waals surface area contributed by atoms with Crippen LogP contribution in [0.25, 0.3) is 0 Å². The minimum Gasteiger partial charge on any atom is -0.315 e. The molecule has 2 rings (SSSR count). The number of hydrogen-bond donors (Lipinski definition) is 0. The van der Waals surface area contributed by atoms with Crippen molar-refractivity contribution in [2.75, 3.05) is 29.1 Å². The van der Waals surface area contributed by atoms with Crippen molar-refractivity contribution in [2.45, 2.75) is 6.42 Å². The van der Waals surface area contributed by atoms with Crippen LogP contribution in [0.3, 0.4) is 0 Å². The largest absolute Gasteiger partial charge is 0.315 e. The maximum Gasteiger partial charge on any atom is 0.232 e. The van der Waals surface area contributed by atoms with Crippen molar-refractivity contribution >= 4 is 27.3 Å². The minimum absolute atomic E-state index is 0.105. The molecule has 0 aliphatic rings. The molecule has 5 nitrogen and oxygen atoms in total. The van der Waals surface area contributed by atoms with E-state index < -0.39 is 10.0 Å². The van der Waals surface area contributed by atoms with Gasteiger partial charge < -0.3 is 4.90 Å². The molecule has 6 heteroatoms. The van der Waals surface area contributed by atoms with E-state index in [0.717, 1.165) is 11.9 Å². The first-order chi connectivity index (χ1) is 10.9. The Labute approximate surface area is 137 Å². The smallest absolute Gasteiger partial charge is 0.232 e. The summed E-state index contributed by atoms with van der Waals surface area (Å²) in [5.41, 5.74) is 1.34. The topological polar surface area (TPSA) is 57.7 Å². The molecule has 0 bridgehead atoms. The van der Waals surface area contributed by atoms with Crippen molar-refractivity contribution in [3.8, 4) is 0 Å². The van der Waals surface area contributed by atoms with Crippen LogP contribution in [-0.4, -0.2) is 34.2 Å². The molecule has 2 aromatic rings. The van der Waals surface area contributed by atoms with Crippen molar-refractivity contribution < 1.29 is 13.2 Å². The van der Waals surface area contributed by atoms with Crippen LogP contribution in [0.15, 0.2) is 60.7 Å². The van der Waals surface area contributed by atoms with Crippen LogP contribution in [0, 0.1) is 0 Å². The number of hydrogen-bond acceptors (Lipinski definition) is 3. The predicted molar refractivity (Wildman–Crippen MR) is 93.1 cm³/mol. The van der Waals surface area contributed by atoms with Gasteiger partial charge in [0.1, 0.15) is 0 Å². The maximum absolute atomic E-state index is 12.3. The lowest BCUT2D eigenvalue weighted by atomic mass is 10.2. The van der Waals surface area contributed by atoms with Gasteiger partial charge in [0.05, 0.1) is 11.9 Å². The molecule has 0 saturated heterocycles. The predicted octanol–water partition coefficient (Wildman–Crippen LogP) is 2.51. The summed E-state index contributed by atoms with van der Waals surface area (Å²) in [6.07, 6.45) is 1.25. The van der Waals surface area contributed by atoms with Crippen LogP contribution >= 0.6 is 0 Å². The first-order valence-corrected chi connectivity index (χ1v) is 9.09. The third kappa shape index (κ3) is 4.56. The summed E-state index contributed by atoms with van der Waals surface area (Å²) in [5.74, 6) is -0.138. The van der Waals surface area contributed by atoms with Gasteiger partial charge in [-0.2, -0.15) is 0 Å². The monoisotopic (exact) mass is 332 g/mol. The third-order valence-electron chi connectivity index (χ3n) is 3.49. The number of rotatable bonds is 6. The average Bonchev–Trinajstić information content (AvgIpc) is 2.54. The Morgan fingerprint density at radius 3 is 1.87 bits per heavy atom. The normalized spacial score (nSPS) is 11.0. The summed E-state index contributed by atoms with van der Waals surface area (Å²) in [5, 5.41) is 0. The quantitative estimate of drug-likeness (QED) is 0.817. The Morgan fingerprint density at radius 2 is 1.39 bits per heavy atom. The highest BCUT2D eigenvalue weighted by Gasteiger charge is 2.19. The van der Waals surface area contributed by atoms with Gasteiger partial charge in [0.15, 0.2) is 0 Å². The number of carbonyl (C=O) groups excluding carboxylic acids is 1. The lowest BCUT2D eigenvalue weighted by Crippen LogP contribution is -2.35. The van der Waals surface area contributed by atoms with Crippen LogP contribution in [0.5, 0.6) is 0 Å². The first-order valence-electron chi connectivity index (χ1n) is 7.24. The molecule has 0 spiro atoms. The number of carbonyl (C=O) groups is 1. The van der Waals surface area contributed by atoms with E-state index in [2.05, 4.69) is 0 Å². The van der Waals surface area contributed by atoms with Crippen molar-refractivity contribution in [3.63, 3.8) is 0 Å². The molecule has 1 amide bonds. The zero-order chi connectivity index (χ0) is 16.9. The molecule has 122 valence electrons. The molecule has 0 saturated carbocycles. The molecule has 23 heavy (non-hydrogen) atoms. The van der Waals surface area contributed by atoms with Gasteiger partial charge >= 0.3 is 0 Å². The zero-order valence-electron chi connectivity index (χ0n) is 13.2. The van der Waals surface area contributed by atoms with E-state index in [1.54, 1.807) is 31.3 Å². The molecule has 0 aliphatic heterocycles. The molecular weight excluding hydrogens is 312 g/mol. The molecule has 0 unspecified atom stereocenters. The fourth-order valence-electron chi connectivity index (χ4n) is 2.24. The summed E-state index contributed by atoms with van der Waals surface area (Å²) >= 11 is 0. The SMILES string of the molecule is CN(C(=O)CCN(c1ccccc1)S(C)(=O)=O)c1ccccc1. The summed E-state index contributed by atoms with van der Waals surface area (Å²) in [6, 6.07) is 18.0. The number of anilines is 2. The van der Waals surface area contributed by atoms with Gasteiger partial charge in [-0.05, 0) is 24.3 Å². The van der Waals surface area contributed by atoms with Gasteiger partial charge in [-0.15, -0.1) is 0 Å². The number of sulfonamides is 1. The number of benzene rings is 2. The second-order valence-electron chi connectivity index (χ2n) is 5.21. The van der Waals surface area contributed by atoms with Gasteiger partial charge in [-0.3, -0.25) is 9.10 Å². The van der Waals surface area contributed by atoms with Crippen LogP contribution in [0.2, 0.25) is 0 Å². The summed E-state index contributed by atoms with van der Waals surface area (Å²) in [7, 11) is -1.76.